The third-order valence-corrected chi connectivity index (χ3v) is 2.15. The maximum Gasteiger partial charge on any atom is 0.257 e. The number of nitrogens with one attached hydrogen (secondary N) is 2. The van der Waals surface area contributed by atoms with Crippen molar-refractivity contribution in [3.05, 3.63) is 11.8 Å². The fourth-order valence-electron chi connectivity index (χ4n) is 1.34. The average Bonchev–Trinajstić information content (AvgIpc) is 2.54. The van der Waals surface area contributed by atoms with Gasteiger partial charge in [-0.3, -0.25) is 14.3 Å². The molecule has 0 aliphatic carbocycles. The summed E-state index contributed by atoms with van der Waals surface area (Å²) in [6.07, 6.45) is 1.37. The standard InChI is InChI=1S/C11H19N5O2/c1-11(2,3)15-8(17)6-13-10(18)7-5-14-16(4)9(7)12/h5H,6,12H2,1-4H3,(H,13,18)(H,15,17). The first-order valence-corrected chi connectivity index (χ1v) is 5.57. The number of nitrogens with zero attached hydrogens (tertiary/aromatic N) is 2. The molecule has 7 heteroatoms. The van der Waals surface area contributed by atoms with Crippen molar-refractivity contribution in [2.45, 2.75) is 26.3 Å². The molecule has 0 aliphatic rings. The fourth-order valence-corrected chi connectivity index (χ4v) is 1.34. The highest BCUT2D eigenvalue weighted by molar-refractivity contribution is 5.99. The zero-order chi connectivity index (χ0) is 13.9. The number of aryl methyl sites for hydroxylation is 1. The first-order chi connectivity index (χ1) is 8.20. The van der Waals surface area contributed by atoms with Crippen molar-refractivity contribution < 1.29 is 9.59 Å². The number of amides is 2. The van der Waals surface area contributed by atoms with Gasteiger partial charge in [0.05, 0.1) is 12.7 Å². The van der Waals surface area contributed by atoms with E-state index >= 15 is 0 Å². The Balaban J connectivity index is 2.52. The first kappa shape index (κ1) is 14.0. The van der Waals surface area contributed by atoms with E-state index in [0.29, 0.717) is 0 Å². The van der Waals surface area contributed by atoms with E-state index in [1.807, 2.05) is 20.8 Å². The number of anilines is 1. The number of hydrogen-bond donors (Lipinski definition) is 3. The molecule has 0 saturated carbocycles. The summed E-state index contributed by atoms with van der Waals surface area (Å²) in [5.41, 5.74) is 5.59. The van der Waals surface area contributed by atoms with Gasteiger partial charge in [-0.25, -0.2) is 0 Å². The number of nitrogens with two attached hydrogens (primary N) is 1. The Bertz CT molecular complexity index is 458. The lowest BCUT2D eigenvalue weighted by Gasteiger charge is -2.20. The van der Waals surface area contributed by atoms with Crippen LogP contribution in [-0.4, -0.2) is 33.7 Å². The predicted molar refractivity (Wildman–Crippen MR) is 67.8 cm³/mol. The van der Waals surface area contributed by atoms with Crippen molar-refractivity contribution in [1.82, 2.24) is 20.4 Å². The lowest BCUT2D eigenvalue weighted by atomic mass is 10.1. The molecular formula is C11H19N5O2. The quantitative estimate of drug-likeness (QED) is 0.685. The molecule has 0 fully saturated rings. The monoisotopic (exact) mass is 253 g/mol. The van der Waals surface area contributed by atoms with Crippen molar-refractivity contribution >= 4 is 17.6 Å². The van der Waals surface area contributed by atoms with Gasteiger partial charge in [0, 0.05) is 12.6 Å². The molecule has 7 nitrogen and oxygen atoms in total. The smallest absolute Gasteiger partial charge is 0.257 e. The van der Waals surface area contributed by atoms with Gasteiger partial charge in [0.15, 0.2) is 0 Å². The molecule has 0 saturated heterocycles. The van der Waals surface area contributed by atoms with Crippen LogP contribution in [0.5, 0.6) is 0 Å². The summed E-state index contributed by atoms with van der Waals surface area (Å²) in [6, 6.07) is 0. The number of hydrogen-bond acceptors (Lipinski definition) is 4. The second-order valence-corrected chi connectivity index (χ2v) is 5.05. The fraction of sp³-hybridized carbons (Fsp3) is 0.545. The zero-order valence-corrected chi connectivity index (χ0v) is 11.1. The molecule has 100 valence electrons. The van der Waals surface area contributed by atoms with Gasteiger partial charge >= 0.3 is 0 Å². The highest BCUT2D eigenvalue weighted by Gasteiger charge is 2.17. The molecule has 2 amide bonds. The van der Waals surface area contributed by atoms with E-state index in [0.717, 1.165) is 0 Å². The summed E-state index contributed by atoms with van der Waals surface area (Å²) >= 11 is 0. The van der Waals surface area contributed by atoms with Gasteiger partial charge in [-0.1, -0.05) is 0 Å². The highest BCUT2D eigenvalue weighted by atomic mass is 16.2. The van der Waals surface area contributed by atoms with Crippen molar-refractivity contribution in [3.63, 3.8) is 0 Å². The van der Waals surface area contributed by atoms with Crippen LogP contribution < -0.4 is 16.4 Å². The highest BCUT2D eigenvalue weighted by Crippen LogP contribution is 2.08. The molecule has 1 rings (SSSR count). The van der Waals surface area contributed by atoms with Gasteiger partial charge in [0.25, 0.3) is 5.91 Å². The van der Waals surface area contributed by atoms with Crippen LogP contribution in [0.1, 0.15) is 31.1 Å². The third kappa shape index (κ3) is 3.76. The first-order valence-electron chi connectivity index (χ1n) is 5.57. The molecule has 0 radical (unpaired) electrons. The number of carbonyl (C=O) groups excluding carboxylic acids is 2. The SMILES string of the molecule is Cn1ncc(C(=O)NCC(=O)NC(C)(C)C)c1N. The van der Waals surface area contributed by atoms with Gasteiger partial charge in [-0.05, 0) is 20.8 Å². The molecule has 1 aromatic rings. The minimum Gasteiger partial charge on any atom is -0.383 e. The number of nitrogen functional groups attached to an aromatic ring is 1. The molecule has 0 aromatic carbocycles. The van der Waals surface area contributed by atoms with E-state index in [1.54, 1.807) is 7.05 Å². The zero-order valence-electron chi connectivity index (χ0n) is 11.1. The van der Waals surface area contributed by atoms with E-state index in [9.17, 15) is 9.59 Å². The Hall–Kier alpha value is -2.05. The molecule has 1 heterocycles. The number of aromatic nitrogens is 2. The Morgan fingerprint density at radius 1 is 1.44 bits per heavy atom. The van der Waals surface area contributed by atoms with Gasteiger partial charge in [-0.2, -0.15) is 5.10 Å². The second kappa shape index (κ2) is 5.07. The van der Waals surface area contributed by atoms with Crippen LogP contribution in [0.15, 0.2) is 6.20 Å². The summed E-state index contributed by atoms with van der Waals surface area (Å²) in [7, 11) is 1.64. The van der Waals surface area contributed by atoms with E-state index in [2.05, 4.69) is 15.7 Å². The minimum absolute atomic E-state index is 0.0928. The second-order valence-electron chi connectivity index (χ2n) is 5.05. The normalized spacial score (nSPS) is 11.1. The third-order valence-electron chi connectivity index (χ3n) is 2.15. The largest absolute Gasteiger partial charge is 0.383 e. The molecule has 4 N–H and O–H groups in total. The number of carbonyl (C=O) groups is 2. The molecular weight excluding hydrogens is 234 g/mol. The molecule has 0 bridgehead atoms. The number of rotatable bonds is 3. The van der Waals surface area contributed by atoms with Crippen LogP contribution >= 0.6 is 0 Å². The lowest BCUT2D eigenvalue weighted by Crippen LogP contribution is -2.45. The van der Waals surface area contributed by atoms with Gasteiger partial charge < -0.3 is 16.4 Å². The molecule has 0 atom stereocenters. The lowest BCUT2D eigenvalue weighted by molar-refractivity contribution is -0.121. The summed E-state index contributed by atoms with van der Waals surface area (Å²) in [5, 5.41) is 9.09. The van der Waals surface area contributed by atoms with Crippen LogP contribution in [0.4, 0.5) is 5.82 Å². The summed E-state index contributed by atoms with van der Waals surface area (Å²) in [5.74, 6) is -0.397. The predicted octanol–water partition coefficient (Wildman–Crippen LogP) is -0.353. The molecule has 1 aromatic heterocycles. The summed E-state index contributed by atoms with van der Waals surface area (Å²) < 4.78 is 1.39. The van der Waals surface area contributed by atoms with Crippen LogP contribution in [0.25, 0.3) is 0 Å². The molecule has 0 unspecified atom stereocenters. The van der Waals surface area contributed by atoms with Gasteiger partial charge in [0.1, 0.15) is 11.4 Å². The summed E-state index contributed by atoms with van der Waals surface area (Å²) in [6.45, 7) is 5.51. The van der Waals surface area contributed by atoms with Crippen LogP contribution in [0.2, 0.25) is 0 Å². The van der Waals surface area contributed by atoms with E-state index in [4.69, 9.17) is 5.73 Å². The van der Waals surface area contributed by atoms with E-state index in [1.165, 1.54) is 10.9 Å². The van der Waals surface area contributed by atoms with Crippen molar-refractivity contribution in [2.75, 3.05) is 12.3 Å². The Morgan fingerprint density at radius 3 is 2.50 bits per heavy atom. The van der Waals surface area contributed by atoms with Gasteiger partial charge in [-0.15, -0.1) is 0 Å². The average molecular weight is 253 g/mol. The molecule has 0 spiro atoms. The minimum atomic E-state index is -0.412. The Morgan fingerprint density at radius 2 is 2.06 bits per heavy atom. The van der Waals surface area contributed by atoms with Crippen molar-refractivity contribution in [3.8, 4) is 0 Å². The maximum atomic E-state index is 11.7. The van der Waals surface area contributed by atoms with Gasteiger partial charge in [0.2, 0.25) is 5.91 Å². The maximum absolute atomic E-state index is 11.7. The van der Waals surface area contributed by atoms with Crippen LogP contribution in [0.3, 0.4) is 0 Å². The molecule has 18 heavy (non-hydrogen) atoms. The Labute approximate surface area is 106 Å². The topological polar surface area (TPSA) is 102 Å². The van der Waals surface area contributed by atoms with E-state index in [-0.39, 0.29) is 29.4 Å². The van der Waals surface area contributed by atoms with Crippen molar-refractivity contribution in [1.29, 1.82) is 0 Å². The van der Waals surface area contributed by atoms with E-state index < -0.39 is 5.91 Å². The summed E-state index contributed by atoms with van der Waals surface area (Å²) in [4.78, 5) is 23.2. The Kier molecular flexibility index (Phi) is 3.95. The molecule has 0 aliphatic heterocycles. The van der Waals surface area contributed by atoms with Crippen molar-refractivity contribution in [2.24, 2.45) is 7.05 Å². The van der Waals surface area contributed by atoms with Crippen LogP contribution in [0, 0.1) is 0 Å². The van der Waals surface area contributed by atoms with Crippen LogP contribution in [-0.2, 0) is 11.8 Å².